The second kappa shape index (κ2) is 6.62. The molecule has 9 heteroatoms. The van der Waals surface area contributed by atoms with Crippen LogP contribution in [-0.2, 0) is 9.13 Å². The molecular weight excluding hydrogens is 280 g/mol. The van der Waals surface area contributed by atoms with E-state index >= 15 is 0 Å². The van der Waals surface area contributed by atoms with Crippen molar-refractivity contribution in [2.75, 3.05) is 12.3 Å². The summed E-state index contributed by atoms with van der Waals surface area (Å²) >= 11 is 0. The Kier molecular flexibility index (Phi) is 6.00. The molecule has 1 aliphatic rings. The first-order valence-corrected chi connectivity index (χ1v) is 9.60. The van der Waals surface area contributed by atoms with Gasteiger partial charge in [-0.1, -0.05) is 6.42 Å². The molecule has 1 heterocycles. The third-order valence-electron chi connectivity index (χ3n) is 3.11. The van der Waals surface area contributed by atoms with Gasteiger partial charge in [0.15, 0.2) is 0 Å². The highest BCUT2D eigenvalue weighted by atomic mass is 31.2. The second-order valence-corrected chi connectivity index (χ2v) is 8.40. The molecule has 18 heavy (non-hydrogen) atoms. The van der Waals surface area contributed by atoms with Gasteiger partial charge in [-0.05, 0) is 25.7 Å². The largest absolute Gasteiger partial charge is 0.325 e. The van der Waals surface area contributed by atoms with Gasteiger partial charge in [-0.2, -0.15) is 0 Å². The first-order valence-electron chi connectivity index (χ1n) is 6.01. The van der Waals surface area contributed by atoms with Gasteiger partial charge in [0.1, 0.15) is 0 Å². The van der Waals surface area contributed by atoms with Crippen molar-refractivity contribution in [1.82, 2.24) is 5.32 Å². The van der Waals surface area contributed by atoms with Crippen molar-refractivity contribution in [3.05, 3.63) is 0 Å². The first kappa shape index (κ1) is 16.3. The Morgan fingerprint density at radius 1 is 0.889 bits per heavy atom. The standard InChI is InChI=1S/C9H21NO6P2/c11-17(12,13)6-4-8-2-1-3-9(10-8)5-7-18(14,15)16/h8-10H,1-7H2,(H2,11,12,13)(H2,14,15,16)/t8-,9-/m0/s1. The Hall–Kier alpha value is 0.260. The molecule has 0 aromatic carbocycles. The van der Waals surface area contributed by atoms with E-state index in [9.17, 15) is 9.13 Å². The van der Waals surface area contributed by atoms with E-state index in [1.54, 1.807) is 0 Å². The fourth-order valence-electron chi connectivity index (χ4n) is 2.21. The van der Waals surface area contributed by atoms with Crippen LogP contribution in [0.3, 0.4) is 0 Å². The predicted octanol–water partition coefficient (Wildman–Crippen LogP) is 0.633. The van der Waals surface area contributed by atoms with Gasteiger partial charge >= 0.3 is 15.2 Å². The molecule has 0 amide bonds. The van der Waals surface area contributed by atoms with Crippen molar-refractivity contribution < 1.29 is 28.7 Å². The fourth-order valence-corrected chi connectivity index (χ4v) is 3.51. The van der Waals surface area contributed by atoms with Gasteiger partial charge in [0.05, 0.1) is 12.3 Å². The van der Waals surface area contributed by atoms with Crippen molar-refractivity contribution in [2.45, 2.75) is 44.2 Å². The lowest BCUT2D eigenvalue weighted by molar-refractivity contribution is 0.296. The number of hydrogen-bond donors (Lipinski definition) is 5. The summed E-state index contributed by atoms with van der Waals surface area (Å²) in [6.07, 6.45) is 3.14. The average molecular weight is 301 g/mol. The zero-order valence-electron chi connectivity index (χ0n) is 10.1. The molecule has 7 nitrogen and oxygen atoms in total. The topological polar surface area (TPSA) is 127 Å². The maximum atomic E-state index is 10.8. The molecule has 0 bridgehead atoms. The Balaban J connectivity index is 2.32. The number of piperidine rings is 1. The van der Waals surface area contributed by atoms with E-state index in [1.165, 1.54) is 0 Å². The molecule has 108 valence electrons. The smallest absolute Gasteiger partial charge is 0.324 e. The summed E-state index contributed by atoms with van der Waals surface area (Å²) in [4.78, 5) is 35.2. The van der Waals surface area contributed by atoms with E-state index in [0.29, 0.717) is 12.8 Å². The highest BCUT2D eigenvalue weighted by Gasteiger charge is 2.25. The Bertz CT molecular complexity index is 319. The molecule has 5 N–H and O–H groups in total. The molecule has 0 radical (unpaired) electrons. The summed E-state index contributed by atoms with van der Waals surface area (Å²) < 4.78 is 21.6. The van der Waals surface area contributed by atoms with Gasteiger partial charge in [0, 0.05) is 12.1 Å². The summed E-state index contributed by atoms with van der Waals surface area (Å²) in [6.45, 7) is 0. The van der Waals surface area contributed by atoms with E-state index in [2.05, 4.69) is 5.32 Å². The number of nitrogens with one attached hydrogen (secondary N) is 1. The summed E-state index contributed by atoms with van der Waals surface area (Å²) in [7, 11) is -7.92. The number of rotatable bonds is 6. The van der Waals surface area contributed by atoms with E-state index < -0.39 is 15.2 Å². The van der Waals surface area contributed by atoms with E-state index in [-0.39, 0.29) is 24.4 Å². The minimum atomic E-state index is -3.96. The van der Waals surface area contributed by atoms with Crippen LogP contribution in [0.1, 0.15) is 32.1 Å². The van der Waals surface area contributed by atoms with Crippen LogP contribution in [0.4, 0.5) is 0 Å². The Labute approximate surface area is 106 Å². The lowest BCUT2D eigenvalue weighted by Gasteiger charge is -2.31. The quantitative estimate of drug-likeness (QED) is 0.455. The highest BCUT2D eigenvalue weighted by molar-refractivity contribution is 7.52. The summed E-state index contributed by atoms with van der Waals surface area (Å²) in [5.41, 5.74) is 0. The third-order valence-corrected chi connectivity index (χ3v) is 4.80. The molecule has 1 aliphatic heterocycles. The van der Waals surface area contributed by atoms with Crippen LogP contribution in [0, 0.1) is 0 Å². The van der Waals surface area contributed by atoms with Crippen molar-refractivity contribution in [2.24, 2.45) is 0 Å². The SMILES string of the molecule is O=P(O)(O)CC[C@@H]1CCC[C@@H](CCP(=O)(O)O)N1. The molecule has 0 aromatic rings. The Morgan fingerprint density at radius 3 is 1.61 bits per heavy atom. The second-order valence-electron chi connectivity index (χ2n) is 4.85. The molecule has 0 saturated carbocycles. The van der Waals surface area contributed by atoms with Crippen LogP contribution < -0.4 is 5.32 Å². The van der Waals surface area contributed by atoms with Gasteiger partial charge in [-0.25, -0.2) is 0 Å². The maximum Gasteiger partial charge on any atom is 0.325 e. The van der Waals surface area contributed by atoms with Gasteiger partial charge in [-0.3, -0.25) is 9.13 Å². The van der Waals surface area contributed by atoms with Crippen LogP contribution in [0.2, 0.25) is 0 Å². The predicted molar refractivity (Wildman–Crippen MR) is 67.6 cm³/mol. The minimum Gasteiger partial charge on any atom is -0.324 e. The summed E-state index contributed by atoms with van der Waals surface area (Å²) in [5.74, 6) is 0. The van der Waals surface area contributed by atoms with Crippen molar-refractivity contribution in [3.63, 3.8) is 0 Å². The van der Waals surface area contributed by atoms with Gasteiger partial charge in [-0.15, -0.1) is 0 Å². The zero-order valence-corrected chi connectivity index (χ0v) is 11.9. The monoisotopic (exact) mass is 301 g/mol. The molecule has 1 fully saturated rings. The lowest BCUT2D eigenvalue weighted by Crippen LogP contribution is -2.43. The lowest BCUT2D eigenvalue weighted by atomic mass is 9.96. The average Bonchev–Trinajstić information content (AvgIpc) is 2.22. The van der Waals surface area contributed by atoms with Crippen LogP contribution in [-0.4, -0.2) is 44.0 Å². The van der Waals surface area contributed by atoms with Crippen LogP contribution in [0.5, 0.6) is 0 Å². The van der Waals surface area contributed by atoms with Crippen LogP contribution in [0.25, 0.3) is 0 Å². The van der Waals surface area contributed by atoms with Gasteiger partial charge in [0.2, 0.25) is 0 Å². The molecular formula is C9H21NO6P2. The fraction of sp³-hybridized carbons (Fsp3) is 1.00. The van der Waals surface area contributed by atoms with Gasteiger partial charge in [0.25, 0.3) is 0 Å². The molecule has 0 aliphatic carbocycles. The van der Waals surface area contributed by atoms with E-state index in [4.69, 9.17) is 19.6 Å². The first-order chi connectivity index (χ1) is 8.16. The summed E-state index contributed by atoms with van der Waals surface area (Å²) in [5, 5.41) is 3.21. The molecule has 1 rings (SSSR count). The minimum absolute atomic E-state index is 0.0353. The normalized spacial score (nSPS) is 26.2. The maximum absolute atomic E-state index is 10.8. The zero-order chi connectivity index (χ0) is 13.8. The molecule has 0 unspecified atom stereocenters. The van der Waals surface area contributed by atoms with Crippen LogP contribution in [0.15, 0.2) is 0 Å². The molecule has 1 saturated heterocycles. The molecule has 0 aromatic heterocycles. The third kappa shape index (κ3) is 7.64. The van der Waals surface area contributed by atoms with Crippen molar-refractivity contribution >= 4 is 15.2 Å². The number of hydrogen-bond acceptors (Lipinski definition) is 3. The van der Waals surface area contributed by atoms with E-state index in [0.717, 1.165) is 19.3 Å². The van der Waals surface area contributed by atoms with E-state index in [1.807, 2.05) is 0 Å². The molecule has 2 atom stereocenters. The Morgan fingerprint density at radius 2 is 1.28 bits per heavy atom. The van der Waals surface area contributed by atoms with Crippen molar-refractivity contribution in [1.29, 1.82) is 0 Å². The van der Waals surface area contributed by atoms with Gasteiger partial charge < -0.3 is 24.9 Å². The highest BCUT2D eigenvalue weighted by Crippen LogP contribution is 2.37. The molecule has 0 spiro atoms. The van der Waals surface area contributed by atoms with Crippen LogP contribution >= 0.6 is 15.2 Å². The summed E-state index contributed by atoms with van der Waals surface area (Å²) in [6, 6.07) is 0.0706. The van der Waals surface area contributed by atoms with Crippen molar-refractivity contribution in [3.8, 4) is 0 Å².